The maximum atomic E-state index is 11.9. The number of nitrogens with two attached hydrogens (primary N) is 1. The minimum atomic E-state index is -0.170. The topological polar surface area (TPSA) is 55.1 Å². The molecule has 2 rings (SSSR count). The monoisotopic (exact) mass is 274 g/mol. The van der Waals surface area contributed by atoms with Crippen molar-refractivity contribution < 1.29 is 4.79 Å². The van der Waals surface area contributed by atoms with Gasteiger partial charge in [-0.1, -0.05) is 43.5 Å². The summed E-state index contributed by atoms with van der Waals surface area (Å²) in [6.07, 6.45) is 7.07. The summed E-state index contributed by atoms with van der Waals surface area (Å²) in [5.74, 6) is 0.114. The lowest BCUT2D eigenvalue weighted by molar-refractivity contribution is -0.121. The summed E-state index contributed by atoms with van der Waals surface area (Å²) < 4.78 is 0. The van der Waals surface area contributed by atoms with Gasteiger partial charge in [0.15, 0.2) is 0 Å². The fraction of sp³-hybridized carbons (Fsp3) is 0.588. The molecule has 0 aromatic heterocycles. The molecule has 1 aliphatic rings. The van der Waals surface area contributed by atoms with Crippen molar-refractivity contribution in [3.8, 4) is 0 Å². The van der Waals surface area contributed by atoms with Crippen LogP contribution in [-0.2, 0) is 11.2 Å². The van der Waals surface area contributed by atoms with Gasteiger partial charge in [0.05, 0.1) is 0 Å². The third-order valence-electron chi connectivity index (χ3n) is 4.37. The summed E-state index contributed by atoms with van der Waals surface area (Å²) in [6, 6.07) is 8.23. The first kappa shape index (κ1) is 15.0. The Labute approximate surface area is 121 Å². The van der Waals surface area contributed by atoms with Gasteiger partial charge in [-0.15, -0.1) is 0 Å². The van der Waals surface area contributed by atoms with Gasteiger partial charge in [0.1, 0.15) is 0 Å². The van der Waals surface area contributed by atoms with E-state index < -0.39 is 0 Å². The van der Waals surface area contributed by atoms with Crippen LogP contribution in [0.25, 0.3) is 0 Å². The predicted octanol–water partition coefficient (Wildman–Crippen LogP) is 2.71. The highest BCUT2D eigenvalue weighted by Gasteiger charge is 2.27. The summed E-state index contributed by atoms with van der Waals surface area (Å²) in [5.41, 5.74) is 8.66. The van der Waals surface area contributed by atoms with Crippen LogP contribution in [0.2, 0.25) is 0 Å². The average Bonchev–Trinajstić information content (AvgIpc) is 2.45. The van der Waals surface area contributed by atoms with Crippen LogP contribution in [0.15, 0.2) is 24.3 Å². The number of carbonyl (C=O) groups is 1. The van der Waals surface area contributed by atoms with Crippen LogP contribution in [0.3, 0.4) is 0 Å². The lowest BCUT2D eigenvalue weighted by Gasteiger charge is -2.33. The predicted molar refractivity (Wildman–Crippen MR) is 82.5 cm³/mol. The largest absolute Gasteiger partial charge is 0.354 e. The van der Waals surface area contributed by atoms with Gasteiger partial charge in [0.2, 0.25) is 5.91 Å². The highest BCUT2D eigenvalue weighted by atomic mass is 16.1. The van der Waals surface area contributed by atoms with Crippen LogP contribution in [0.5, 0.6) is 0 Å². The number of amides is 1. The Hall–Kier alpha value is -1.35. The van der Waals surface area contributed by atoms with Gasteiger partial charge in [-0.25, -0.2) is 0 Å². The zero-order chi connectivity index (χ0) is 14.4. The molecule has 1 fully saturated rings. The minimum absolute atomic E-state index is 0.114. The van der Waals surface area contributed by atoms with E-state index in [2.05, 4.69) is 24.4 Å². The molecule has 1 amide bonds. The van der Waals surface area contributed by atoms with E-state index in [9.17, 15) is 4.79 Å². The molecule has 0 saturated heterocycles. The van der Waals surface area contributed by atoms with Crippen molar-refractivity contribution in [1.29, 1.82) is 0 Å². The molecular formula is C17H26N2O. The lowest BCUT2D eigenvalue weighted by Crippen LogP contribution is -2.51. The molecular weight excluding hydrogens is 248 g/mol. The summed E-state index contributed by atoms with van der Waals surface area (Å²) in [6.45, 7) is 2.71. The molecule has 0 spiro atoms. The molecule has 0 aliphatic heterocycles. The molecule has 0 unspecified atom stereocenters. The second-order valence-electron chi connectivity index (χ2n) is 6.13. The number of hydrogen-bond donors (Lipinski definition) is 2. The Balaban J connectivity index is 1.74. The second-order valence-corrected chi connectivity index (χ2v) is 6.13. The van der Waals surface area contributed by atoms with Crippen molar-refractivity contribution in [1.82, 2.24) is 5.32 Å². The summed E-state index contributed by atoms with van der Waals surface area (Å²) >= 11 is 0. The van der Waals surface area contributed by atoms with Crippen molar-refractivity contribution in [2.24, 2.45) is 5.73 Å². The standard InChI is InChI=1S/C17H26N2O/c1-14-7-3-4-8-15(14)9-10-16(20)19-13-17(18)11-5-2-6-12-17/h3-4,7-8H,2,5-6,9-13,18H2,1H3,(H,19,20). The zero-order valence-corrected chi connectivity index (χ0v) is 12.5. The molecule has 0 atom stereocenters. The number of rotatable bonds is 5. The third kappa shape index (κ3) is 4.34. The fourth-order valence-electron chi connectivity index (χ4n) is 2.93. The summed E-state index contributed by atoms with van der Waals surface area (Å²) in [5, 5.41) is 3.02. The van der Waals surface area contributed by atoms with E-state index in [1.165, 1.54) is 30.4 Å². The molecule has 20 heavy (non-hydrogen) atoms. The van der Waals surface area contributed by atoms with E-state index in [0.717, 1.165) is 19.3 Å². The average molecular weight is 274 g/mol. The quantitative estimate of drug-likeness (QED) is 0.867. The van der Waals surface area contributed by atoms with Crippen LogP contribution in [-0.4, -0.2) is 18.0 Å². The highest BCUT2D eigenvalue weighted by molar-refractivity contribution is 5.76. The Bertz CT molecular complexity index is 450. The molecule has 0 bridgehead atoms. The molecule has 1 aromatic carbocycles. The Morgan fingerprint density at radius 1 is 1.25 bits per heavy atom. The van der Waals surface area contributed by atoms with Gasteiger partial charge in [0.25, 0.3) is 0 Å². The molecule has 1 aromatic rings. The van der Waals surface area contributed by atoms with Gasteiger partial charge in [-0.05, 0) is 37.3 Å². The molecule has 3 N–H and O–H groups in total. The molecule has 0 radical (unpaired) electrons. The molecule has 3 nitrogen and oxygen atoms in total. The van der Waals surface area contributed by atoms with Crippen LogP contribution >= 0.6 is 0 Å². The number of benzene rings is 1. The minimum Gasteiger partial charge on any atom is -0.354 e. The molecule has 1 saturated carbocycles. The molecule has 1 aliphatic carbocycles. The van der Waals surface area contributed by atoms with Crippen molar-refractivity contribution in [2.45, 2.75) is 57.4 Å². The van der Waals surface area contributed by atoms with Gasteiger partial charge < -0.3 is 11.1 Å². The fourth-order valence-corrected chi connectivity index (χ4v) is 2.93. The van der Waals surface area contributed by atoms with Gasteiger partial charge >= 0.3 is 0 Å². The van der Waals surface area contributed by atoms with E-state index >= 15 is 0 Å². The Kier molecular flexibility index (Phi) is 5.18. The number of aryl methyl sites for hydroxylation is 2. The Morgan fingerprint density at radius 2 is 1.95 bits per heavy atom. The Morgan fingerprint density at radius 3 is 2.65 bits per heavy atom. The van der Waals surface area contributed by atoms with Gasteiger partial charge in [-0.2, -0.15) is 0 Å². The number of hydrogen-bond acceptors (Lipinski definition) is 2. The van der Waals surface area contributed by atoms with E-state index in [0.29, 0.717) is 13.0 Å². The van der Waals surface area contributed by atoms with Crippen LogP contribution in [0.4, 0.5) is 0 Å². The van der Waals surface area contributed by atoms with Crippen LogP contribution in [0.1, 0.15) is 49.7 Å². The van der Waals surface area contributed by atoms with Crippen LogP contribution in [0, 0.1) is 6.92 Å². The van der Waals surface area contributed by atoms with Crippen LogP contribution < -0.4 is 11.1 Å². The first-order valence-electron chi connectivity index (χ1n) is 7.69. The highest BCUT2D eigenvalue weighted by Crippen LogP contribution is 2.25. The van der Waals surface area contributed by atoms with Crippen molar-refractivity contribution in [3.63, 3.8) is 0 Å². The first-order valence-corrected chi connectivity index (χ1v) is 7.69. The zero-order valence-electron chi connectivity index (χ0n) is 12.5. The third-order valence-corrected chi connectivity index (χ3v) is 4.37. The van der Waals surface area contributed by atoms with Gasteiger partial charge in [0, 0.05) is 18.5 Å². The van der Waals surface area contributed by atoms with E-state index in [1.807, 2.05) is 12.1 Å². The van der Waals surface area contributed by atoms with Gasteiger partial charge in [-0.3, -0.25) is 4.79 Å². The summed E-state index contributed by atoms with van der Waals surface area (Å²) in [7, 11) is 0. The maximum Gasteiger partial charge on any atom is 0.220 e. The van der Waals surface area contributed by atoms with E-state index in [1.54, 1.807) is 0 Å². The number of carbonyl (C=O) groups excluding carboxylic acids is 1. The summed E-state index contributed by atoms with van der Waals surface area (Å²) in [4.78, 5) is 11.9. The maximum absolute atomic E-state index is 11.9. The van der Waals surface area contributed by atoms with E-state index in [4.69, 9.17) is 5.73 Å². The molecule has 3 heteroatoms. The first-order chi connectivity index (χ1) is 9.59. The molecule has 0 heterocycles. The van der Waals surface area contributed by atoms with Crippen molar-refractivity contribution in [3.05, 3.63) is 35.4 Å². The second kappa shape index (κ2) is 6.89. The SMILES string of the molecule is Cc1ccccc1CCC(=O)NCC1(N)CCCCC1. The smallest absolute Gasteiger partial charge is 0.220 e. The van der Waals surface area contributed by atoms with Crippen molar-refractivity contribution in [2.75, 3.05) is 6.54 Å². The van der Waals surface area contributed by atoms with Crippen molar-refractivity contribution >= 4 is 5.91 Å². The molecule has 110 valence electrons. The number of nitrogens with one attached hydrogen (secondary N) is 1. The van der Waals surface area contributed by atoms with E-state index in [-0.39, 0.29) is 11.4 Å². The normalized spacial score (nSPS) is 17.7. The lowest BCUT2D eigenvalue weighted by atomic mass is 9.82.